The maximum Gasteiger partial charge on any atom is 0.0663 e. The Balaban J connectivity index is 2.54. The zero-order valence-corrected chi connectivity index (χ0v) is 7.77. The number of hydrogen-bond acceptors (Lipinski definition) is 2. The molecule has 1 aromatic heterocycles. The Kier molecular flexibility index (Phi) is 3.77. The predicted molar refractivity (Wildman–Crippen MR) is 51.8 cm³/mol. The fourth-order valence-corrected chi connectivity index (χ4v) is 1.06. The number of nitrogens with zero attached hydrogens (tertiary/aromatic N) is 3. The highest BCUT2D eigenvalue weighted by atomic mass is 15.3. The van der Waals surface area contributed by atoms with Crippen LogP contribution in [-0.2, 0) is 6.54 Å². The molecule has 0 saturated heterocycles. The minimum absolute atomic E-state index is 0.457. The van der Waals surface area contributed by atoms with Gasteiger partial charge in [0.15, 0.2) is 0 Å². The van der Waals surface area contributed by atoms with E-state index in [2.05, 4.69) is 18.1 Å². The van der Waals surface area contributed by atoms with Crippen LogP contribution < -0.4 is 0 Å². The second-order valence-electron chi connectivity index (χ2n) is 2.80. The smallest absolute Gasteiger partial charge is 0.0663 e. The minimum Gasteiger partial charge on any atom is -0.272 e. The number of nitriles is 1. The molecule has 0 aliphatic rings. The van der Waals surface area contributed by atoms with Crippen molar-refractivity contribution in [3.8, 4) is 6.07 Å². The second-order valence-corrected chi connectivity index (χ2v) is 2.80. The van der Waals surface area contributed by atoms with E-state index in [4.69, 9.17) is 5.26 Å². The second kappa shape index (κ2) is 5.15. The van der Waals surface area contributed by atoms with Crippen LogP contribution in [0, 0.1) is 11.3 Å². The molecule has 0 bridgehead atoms. The molecule has 3 nitrogen and oxygen atoms in total. The Bertz CT molecular complexity index is 317. The van der Waals surface area contributed by atoms with Gasteiger partial charge in [0.1, 0.15) is 0 Å². The molecule has 0 aromatic carbocycles. The Labute approximate surface area is 78.3 Å². The third kappa shape index (κ3) is 3.12. The molecule has 1 aromatic rings. The van der Waals surface area contributed by atoms with Crippen molar-refractivity contribution in [3.63, 3.8) is 0 Å². The molecule has 0 fully saturated rings. The number of rotatable bonds is 4. The average molecular weight is 175 g/mol. The van der Waals surface area contributed by atoms with Gasteiger partial charge < -0.3 is 0 Å². The van der Waals surface area contributed by atoms with Crippen molar-refractivity contribution in [2.24, 2.45) is 0 Å². The third-order valence-electron chi connectivity index (χ3n) is 1.63. The molecule has 3 heteroatoms. The van der Waals surface area contributed by atoms with Crippen molar-refractivity contribution >= 4 is 6.08 Å². The molecule has 0 spiro atoms. The molecular weight excluding hydrogens is 162 g/mol. The van der Waals surface area contributed by atoms with Crippen LogP contribution in [0.1, 0.15) is 25.3 Å². The molecule has 0 aliphatic heterocycles. The van der Waals surface area contributed by atoms with Crippen LogP contribution in [0.15, 0.2) is 18.5 Å². The van der Waals surface area contributed by atoms with E-state index in [1.165, 1.54) is 0 Å². The molecule has 13 heavy (non-hydrogen) atoms. The highest BCUT2D eigenvalue weighted by molar-refractivity contribution is 5.46. The van der Waals surface area contributed by atoms with E-state index in [0.717, 1.165) is 18.5 Å². The lowest BCUT2D eigenvalue weighted by atomic mass is 10.3. The van der Waals surface area contributed by atoms with Gasteiger partial charge in [0.25, 0.3) is 0 Å². The van der Waals surface area contributed by atoms with Crippen molar-refractivity contribution in [1.82, 2.24) is 9.78 Å². The molecule has 68 valence electrons. The zero-order valence-electron chi connectivity index (χ0n) is 7.77. The van der Waals surface area contributed by atoms with E-state index in [9.17, 15) is 0 Å². The fraction of sp³-hybridized carbons (Fsp3) is 0.400. The van der Waals surface area contributed by atoms with Crippen molar-refractivity contribution in [2.75, 3.05) is 0 Å². The predicted octanol–water partition coefficient (Wildman–Crippen LogP) is 2.22. The van der Waals surface area contributed by atoms with Gasteiger partial charge >= 0.3 is 0 Å². The summed E-state index contributed by atoms with van der Waals surface area (Å²) in [6.07, 6.45) is 9.10. The summed E-state index contributed by atoms with van der Waals surface area (Å²) < 4.78 is 1.91. The number of allylic oxidation sites excluding steroid dienone is 1. The van der Waals surface area contributed by atoms with Crippen LogP contribution in [0.2, 0.25) is 0 Å². The maximum atomic E-state index is 8.31. The topological polar surface area (TPSA) is 41.6 Å². The first-order valence-corrected chi connectivity index (χ1v) is 4.42. The zero-order chi connectivity index (χ0) is 9.52. The lowest BCUT2D eigenvalue weighted by Crippen LogP contribution is -1.95. The van der Waals surface area contributed by atoms with Crippen molar-refractivity contribution in [2.45, 2.75) is 26.3 Å². The highest BCUT2D eigenvalue weighted by Crippen LogP contribution is 2.01. The van der Waals surface area contributed by atoms with Crippen LogP contribution in [-0.4, -0.2) is 9.78 Å². The minimum atomic E-state index is 0.457. The summed E-state index contributed by atoms with van der Waals surface area (Å²) in [5, 5.41) is 12.5. The van der Waals surface area contributed by atoms with Gasteiger partial charge in [-0.2, -0.15) is 10.4 Å². The van der Waals surface area contributed by atoms with E-state index in [1.807, 2.05) is 29.2 Å². The van der Waals surface area contributed by atoms with Crippen LogP contribution >= 0.6 is 0 Å². The van der Waals surface area contributed by atoms with Crippen molar-refractivity contribution < 1.29 is 0 Å². The van der Waals surface area contributed by atoms with Crippen molar-refractivity contribution in [1.29, 1.82) is 5.26 Å². The lowest BCUT2D eigenvalue weighted by molar-refractivity contribution is 0.602. The standard InChI is InChI=1S/C10H13N3/c1-2-7-13-9-10(8-12-13)5-3-4-6-11/h3,5,8-9H,2,4,7H2,1H3. The Hall–Kier alpha value is -1.56. The maximum absolute atomic E-state index is 8.31. The normalized spacial score (nSPS) is 10.5. The first-order valence-electron chi connectivity index (χ1n) is 4.42. The molecule has 0 radical (unpaired) electrons. The van der Waals surface area contributed by atoms with Gasteiger partial charge in [-0.1, -0.05) is 19.1 Å². The van der Waals surface area contributed by atoms with E-state index < -0.39 is 0 Å². The number of hydrogen-bond donors (Lipinski definition) is 0. The lowest BCUT2D eigenvalue weighted by Gasteiger charge is -1.93. The average Bonchev–Trinajstić information content (AvgIpc) is 2.54. The molecule has 0 aliphatic carbocycles. The van der Waals surface area contributed by atoms with E-state index in [-0.39, 0.29) is 0 Å². The first kappa shape index (κ1) is 9.53. The van der Waals surface area contributed by atoms with E-state index in [1.54, 1.807) is 0 Å². The van der Waals surface area contributed by atoms with Gasteiger partial charge in [-0.25, -0.2) is 0 Å². The van der Waals surface area contributed by atoms with E-state index in [0.29, 0.717) is 6.42 Å². The van der Waals surface area contributed by atoms with Crippen LogP contribution in [0.3, 0.4) is 0 Å². The summed E-state index contributed by atoms with van der Waals surface area (Å²) in [5.74, 6) is 0. The van der Waals surface area contributed by atoms with Crippen LogP contribution in [0.5, 0.6) is 0 Å². The molecule has 1 heterocycles. The van der Waals surface area contributed by atoms with Gasteiger partial charge in [-0.3, -0.25) is 4.68 Å². The summed E-state index contributed by atoms with van der Waals surface area (Å²) in [6, 6.07) is 2.06. The Morgan fingerprint density at radius 2 is 2.54 bits per heavy atom. The van der Waals surface area contributed by atoms with Gasteiger partial charge in [-0.15, -0.1) is 0 Å². The molecule has 0 N–H and O–H groups in total. The summed E-state index contributed by atoms with van der Waals surface area (Å²) >= 11 is 0. The summed E-state index contributed by atoms with van der Waals surface area (Å²) in [6.45, 7) is 3.07. The molecule has 0 saturated carbocycles. The third-order valence-corrected chi connectivity index (χ3v) is 1.63. The molecule has 0 unspecified atom stereocenters. The molecular formula is C10H13N3. The summed E-state index contributed by atoms with van der Waals surface area (Å²) in [5.41, 5.74) is 1.06. The van der Waals surface area contributed by atoms with Gasteiger partial charge in [0.2, 0.25) is 0 Å². The quantitative estimate of drug-likeness (QED) is 0.704. The Morgan fingerprint density at radius 1 is 1.69 bits per heavy atom. The van der Waals surface area contributed by atoms with Gasteiger partial charge in [0, 0.05) is 18.3 Å². The fourth-order valence-electron chi connectivity index (χ4n) is 1.06. The Morgan fingerprint density at radius 3 is 3.23 bits per heavy atom. The number of aromatic nitrogens is 2. The van der Waals surface area contributed by atoms with E-state index >= 15 is 0 Å². The molecule has 0 atom stereocenters. The molecule has 1 rings (SSSR count). The SMILES string of the molecule is CCCn1cc(C=CCC#N)cn1. The molecule has 0 amide bonds. The van der Waals surface area contributed by atoms with Gasteiger partial charge in [0.05, 0.1) is 18.7 Å². The summed E-state index contributed by atoms with van der Waals surface area (Å²) in [7, 11) is 0. The van der Waals surface area contributed by atoms with Gasteiger partial charge in [-0.05, 0) is 6.42 Å². The largest absolute Gasteiger partial charge is 0.272 e. The summed E-state index contributed by atoms with van der Waals surface area (Å²) in [4.78, 5) is 0. The van der Waals surface area contributed by atoms with Crippen molar-refractivity contribution in [3.05, 3.63) is 24.0 Å². The number of aryl methyl sites for hydroxylation is 1. The van der Waals surface area contributed by atoms with Crippen LogP contribution in [0.25, 0.3) is 6.08 Å². The monoisotopic (exact) mass is 175 g/mol. The van der Waals surface area contributed by atoms with Crippen LogP contribution in [0.4, 0.5) is 0 Å². The highest BCUT2D eigenvalue weighted by Gasteiger charge is 1.92. The first-order chi connectivity index (χ1) is 6.36.